The number of hydrogen-bond donors (Lipinski definition) is 1. The van der Waals surface area contributed by atoms with Crippen molar-refractivity contribution in [3.8, 4) is 0 Å². The highest BCUT2D eigenvalue weighted by Gasteiger charge is 2.22. The largest absolute Gasteiger partial charge is 0.369 e. The standard InChI is InChI=1S/C18H26N6O2/c1-4-19-16-6-7-17(21-20-16)23-9-11-24(12-10-23)18(25)8-5-15-13(2)22-26-14(15)3/h6-7H,4-5,8-12H2,1-3H3,(H,19,20). The molecule has 1 amide bonds. The monoisotopic (exact) mass is 358 g/mol. The van der Waals surface area contributed by atoms with Gasteiger partial charge in [-0.2, -0.15) is 0 Å². The van der Waals surface area contributed by atoms with Gasteiger partial charge in [0.05, 0.1) is 5.69 Å². The fourth-order valence-corrected chi connectivity index (χ4v) is 3.20. The summed E-state index contributed by atoms with van der Waals surface area (Å²) >= 11 is 0. The van der Waals surface area contributed by atoms with Crippen molar-refractivity contribution < 1.29 is 9.32 Å². The lowest BCUT2D eigenvalue weighted by molar-refractivity contribution is -0.131. The van der Waals surface area contributed by atoms with E-state index in [-0.39, 0.29) is 5.91 Å². The number of hydrogen-bond acceptors (Lipinski definition) is 7. The van der Waals surface area contributed by atoms with Gasteiger partial charge in [-0.3, -0.25) is 4.79 Å². The average molecular weight is 358 g/mol. The SMILES string of the molecule is CCNc1ccc(N2CCN(C(=O)CCc3c(C)noc3C)CC2)nn1. The smallest absolute Gasteiger partial charge is 0.223 e. The lowest BCUT2D eigenvalue weighted by Gasteiger charge is -2.35. The summed E-state index contributed by atoms with van der Waals surface area (Å²) in [6.07, 6.45) is 1.16. The fourth-order valence-electron chi connectivity index (χ4n) is 3.20. The molecule has 1 aliphatic heterocycles. The van der Waals surface area contributed by atoms with Crippen molar-refractivity contribution in [2.24, 2.45) is 0 Å². The van der Waals surface area contributed by atoms with Gasteiger partial charge in [-0.1, -0.05) is 5.16 Å². The van der Waals surface area contributed by atoms with E-state index in [1.165, 1.54) is 0 Å². The van der Waals surface area contributed by atoms with Crippen LogP contribution in [0.4, 0.5) is 11.6 Å². The second-order valence-corrected chi connectivity index (χ2v) is 6.48. The highest BCUT2D eigenvalue weighted by molar-refractivity contribution is 5.76. The molecule has 0 aromatic carbocycles. The molecular formula is C18H26N6O2. The Hall–Kier alpha value is -2.64. The Balaban J connectivity index is 1.49. The van der Waals surface area contributed by atoms with E-state index in [1.807, 2.05) is 37.8 Å². The van der Waals surface area contributed by atoms with Crippen LogP contribution in [-0.2, 0) is 11.2 Å². The molecule has 2 aromatic heterocycles. The molecule has 1 saturated heterocycles. The van der Waals surface area contributed by atoms with E-state index in [9.17, 15) is 4.79 Å². The molecule has 0 radical (unpaired) electrons. The fraction of sp³-hybridized carbons (Fsp3) is 0.556. The third-order valence-corrected chi connectivity index (χ3v) is 4.73. The van der Waals surface area contributed by atoms with Gasteiger partial charge in [0.25, 0.3) is 0 Å². The summed E-state index contributed by atoms with van der Waals surface area (Å²) in [6, 6.07) is 3.91. The van der Waals surface area contributed by atoms with Gasteiger partial charge in [0.2, 0.25) is 5.91 Å². The molecule has 0 unspecified atom stereocenters. The zero-order valence-electron chi connectivity index (χ0n) is 15.7. The minimum absolute atomic E-state index is 0.179. The van der Waals surface area contributed by atoms with E-state index in [1.54, 1.807) is 0 Å². The number of piperazine rings is 1. The Morgan fingerprint density at radius 1 is 1.19 bits per heavy atom. The molecule has 0 aliphatic carbocycles. The lowest BCUT2D eigenvalue weighted by Crippen LogP contribution is -2.49. The summed E-state index contributed by atoms with van der Waals surface area (Å²) in [5.74, 6) is 2.62. The molecule has 0 saturated carbocycles. The number of rotatable bonds is 6. The van der Waals surface area contributed by atoms with Crippen LogP contribution in [0.25, 0.3) is 0 Å². The molecule has 8 nitrogen and oxygen atoms in total. The molecule has 0 spiro atoms. The van der Waals surface area contributed by atoms with Gasteiger partial charge in [-0.25, -0.2) is 0 Å². The Labute approximate surface area is 153 Å². The Kier molecular flexibility index (Phi) is 5.70. The maximum absolute atomic E-state index is 12.5. The van der Waals surface area contributed by atoms with Gasteiger partial charge in [0.1, 0.15) is 11.6 Å². The number of nitrogens with one attached hydrogen (secondary N) is 1. The van der Waals surface area contributed by atoms with E-state index in [0.29, 0.717) is 25.9 Å². The zero-order valence-corrected chi connectivity index (χ0v) is 15.7. The first-order chi connectivity index (χ1) is 12.6. The van der Waals surface area contributed by atoms with Crippen LogP contribution >= 0.6 is 0 Å². The first-order valence-corrected chi connectivity index (χ1v) is 9.10. The predicted octanol–water partition coefficient (Wildman–Crippen LogP) is 1.79. The predicted molar refractivity (Wildman–Crippen MR) is 99.3 cm³/mol. The van der Waals surface area contributed by atoms with Crippen molar-refractivity contribution in [2.45, 2.75) is 33.6 Å². The van der Waals surface area contributed by atoms with Crippen LogP contribution in [0.2, 0.25) is 0 Å². The van der Waals surface area contributed by atoms with E-state index in [2.05, 4.69) is 25.6 Å². The Morgan fingerprint density at radius 2 is 1.96 bits per heavy atom. The van der Waals surface area contributed by atoms with Crippen LogP contribution in [0, 0.1) is 13.8 Å². The summed E-state index contributed by atoms with van der Waals surface area (Å²) in [7, 11) is 0. The van der Waals surface area contributed by atoms with Gasteiger partial charge in [-0.05, 0) is 39.3 Å². The minimum Gasteiger partial charge on any atom is -0.369 e. The van der Waals surface area contributed by atoms with Crippen LogP contribution < -0.4 is 10.2 Å². The Bertz CT molecular complexity index is 715. The normalized spacial score (nSPS) is 14.6. The van der Waals surface area contributed by atoms with Crippen LogP contribution in [0.15, 0.2) is 16.7 Å². The highest BCUT2D eigenvalue weighted by Crippen LogP contribution is 2.17. The number of aryl methyl sites for hydroxylation is 2. The van der Waals surface area contributed by atoms with Gasteiger partial charge in [-0.15, -0.1) is 10.2 Å². The van der Waals surface area contributed by atoms with Crippen molar-refractivity contribution in [3.05, 3.63) is 29.2 Å². The van der Waals surface area contributed by atoms with E-state index >= 15 is 0 Å². The molecule has 140 valence electrons. The maximum Gasteiger partial charge on any atom is 0.223 e. The van der Waals surface area contributed by atoms with Gasteiger partial charge in [0.15, 0.2) is 5.82 Å². The Morgan fingerprint density at radius 3 is 2.54 bits per heavy atom. The van der Waals surface area contributed by atoms with Gasteiger partial charge in [0, 0.05) is 44.7 Å². The first kappa shape index (κ1) is 18.2. The maximum atomic E-state index is 12.5. The molecule has 0 bridgehead atoms. The topological polar surface area (TPSA) is 87.4 Å². The number of carbonyl (C=O) groups excluding carboxylic acids is 1. The van der Waals surface area contributed by atoms with Crippen molar-refractivity contribution in [2.75, 3.05) is 42.9 Å². The summed E-state index contributed by atoms with van der Waals surface area (Å²) in [4.78, 5) is 16.6. The molecule has 1 fully saturated rings. The molecular weight excluding hydrogens is 332 g/mol. The van der Waals surface area contributed by atoms with Gasteiger partial charge < -0.3 is 19.6 Å². The lowest BCUT2D eigenvalue weighted by atomic mass is 10.1. The molecule has 3 rings (SSSR count). The minimum atomic E-state index is 0.179. The average Bonchev–Trinajstić information content (AvgIpc) is 2.99. The zero-order chi connectivity index (χ0) is 18.5. The number of nitrogens with zero attached hydrogens (tertiary/aromatic N) is 5. The van der Waals surface area contributed by atoms with Crippen LogP contribution in [-0.4, -0.2) is 58.9 Å². The quantitative estimate of drug-likeness (QED) is 0.842. The number of amides is 1. The molecule has 1 aliphatic rings. The molecule has 1 N–H and O–H groups in total. The number of carbonyl (C=O) groups is 1. The number of anilines is 2. The van der Waals surface area contributed by atoms with E-state index < -0.39 is 0 Å². The molecule has 8 heteroatoms. The van der Waals surface area contributed by atoms with Crippen molar-refractivity contribution in [3.63, 3.8) is 0 Å². The summed E-state index contributed by atoms with van der Waals surface area (Å²) < 4.78 is 5.16. The van der Waals surface area contributed by atoms with Gasteiger partial charge >= 0.3 is 0 Å². The van der Waals surface area contributed by atoms with Crippen molar-refractivity contribution in [1.29, 1.82) is 0 Å². The number of aromatic nitrogens is 3. The molecule has 3 heterocycles. The van der Waals surface area contributed by atoms with Crippen molar-refractivity contribution in [1.82, 2.24) is 20.3 Å². The summed E-state index contributed by atoms with van der Waals surface area (Å²) in [5.41, 5.74) is 1.92. The summed E-state index contributed by atoms with van der Waals surface area (Å²) in [5, 5.41) is 15.5. The first-order valence-electron chi connectivity index (χ1n) is 9.10. The second-order valence-electron chi connectivity index (χ2n) is 6.48. The highest BCUT2D eigenvalue weighted by atomic mass is 16.5. The molecule has 0 atom stereocenters. The van der Waals surface area contributed by atoms with Crippen molar-refractivity contribution >= 4 is 17.5 Å². The van der Waals surface area contributed by atoms with Crippen LogP contribution in [0.5, 0.6) is 0 Å². The van der Waals surface area contributed by atoms with E-state index in [0.717, 1.165) is 48.3 Å². The molecule has 2 aromatic rings. The second kappa shape index (κ2) is 8.16. The van der Waals surface area contributed by atoms with E-state index in [4.69, 9.17) is 4.52 Å². The van der Waals surface area contributed by atoms with Crippen LogP contribution in [0.1, 0.15) is 30.4 Å². The molecule has 26 heavy (non-hydrogen) atoms. The van der Waals surface area contributed by atoms with Crippen LogP contribution in [0.3, 0.4) is 0 Å². The third-order valence-electron chi connectivity index (χ3n) is 4.73. The summed E-state index contributed by atoms with van der Waals surface area (Å²) in [6.45, 7) is 9.60. The third kappa shape index (κ3) is 4.12.